The van der Waals surface area contributed by atoms with Crippen LogP contribution in [0.3, 0.4) is 0 Å². The summed E-state index contributed by atoms with van der Waals surface area (Å²) in [6.45, 7) is 3.64. The van der Waals surface area contributed by atoms with Gasteiger partial charge in [-0.05, 0) is 37.6 Å². The fourth-order valence-electron chi connectivity index (χ4n) is 1.71. The summed E-state index contributed by atoms with van der Waals surface area (Å²) in [5.74, 6) is -1.25. The number of carbonyl (C=O) groups excluding carboxylic acids is 2. The van der Waals surface area contributed by atoms with Crippen molar-refractivity contribution in [3.8, 4) is 0 Å². The molecule has 0 bridgehead atoms. The maximum atomic E-state index is 13.5. The van der Waals surface area contributed by atoms with Gasteiger partial charge < -0.3 is 16.4 Å². The molecule has 0 radical (unpaired) electrons. The van der Waals surface area contributed by atoms with Crippen LogP contribution in [-0.2, 0) is 9.59 Å². The second kappa shape index (κ2) is 7.59. The third-order valence-corrected chi connectivity index (χ3v) is 2.83. The first-order chi connectivity index (χ1) is 9.43. The second-order valence-electron chi connectivity index (χ2n) is 4.70. The van der Waals surface area contributed by atoms with Crippen molar-refractivity contribution < 1.29 is 14.0 Å². The molecule has 0 fully saturated rings. The summed E-state index contributed by atoms with van der Waals surface area (Å²) in [6, 6.07) is 4.05. The maximum Gasteiger partial charge on any atom is 0.227 e. The number of halogens is 1. The number of carbonyl (C=O) groups is 2. The van der Waals surface area contributed by atoms with Gasteiger partial charge in [-0.1, -0.05) is 6.92 Å². The number of hydrogen-bond acceptors (Lipinski definition) is 3. The largest absolute Gasteiger partial charge is 0.330 e. The maximum absolute atomic E-state index is 13.5. The quantitative estimate of drug-likeness (QED) is 0.746. The summed E-state index contributed by atoms with van der Waals surface area (Å²) in [6.07, 6.45) is 1.47. The van der Waals surface area contributed by atoms with Crippen molar-refractivity contribution in [2.75, 3.05) is 17.2 Å². The Bertz CT molecular complexity index is 491. The van der Waals surface area contributed by atoms with Crippen LogP contribution in [-0.4, -0.2) is 18.4 Å². The number of nitrogens with two attached hydrogens (primary N) is 1. The third-order valence-electron chi connectivity index (χ3n) is 2.83. The van der Waals surface area contributed by atoms with Crippen molar-refractivity contribution in [2.45, 2.75) is 26.7 Å². The van der Waals surface area contributed by atoms with Crippen LogP contribution in [0, 0.1) is 11.7 Å². The van der Waals surface area contributed by atoms with Gasteiger partial charge in [-0.3, -0.25) is 9.59 Å². The summed E-state index contributed by atoms with van der Waals surface area (Å²) >= 11 is 0. The highest BCUT2D eigenvalue weighted by Crippen LogP contribution is 2.20. The molecule has 20 heavy (non-hydrogen) atoms. The molecule has 5 nitrogen and oxygen atoms in total. The number of benzene rings is 1. The highest BCUT2D eigenvalue weighted by atomic mass is 19.1. The van der Waals surface area contributed by atoms with E-state index in [1.54, 1.807) is 0 Å². The van der Waals surface area contributed by atoms with E-state index in [2.05, 4.69) is 10.6 Å². The van der Waals surface area contributed by atoms with Crippen LogP contribution in [0.25, 0.3) is 0 Å². The minimum absolute atomic E-state index is 0.0462. The molecule has 1 rings (SSSR count). The van der Waals surface area contributed by atoms with Gasteiger partial charge in [-0.25, -0.2) is 4.39 Å². The van der Waals surface area contributed by atoms with Gasteiger partial charge in [0.2, 0.25) is 11.8 Å². The minimum Gasteiger partial charge on any atom is -0.330 e. The number of amides is 2. The smallest absolute Gasteiger partial charge is 0.227 e. The van der Waals surface area contributed by atoms with Gasteiger partial charge in [0.25, 0.3) is 0 Å². The molecule has 1 aromatic carbocycles. The lowest BCUT2D eigenvalue weighted by molar-refractivity contribution is -0.119. The number of anilines is 2. The predicted molar refractivity (Wildman–Crippen MR) is 76.8 cm³/mol. The van der Waals surface area contributed by atoms with E-state index in [4.69, 9.17) is 5.73 Å². The monoisotopic (exact) mass is 281 g/mol. The zero-order chi connectivity index (χ0) is 15.1. The topological polar surface area (TPSA) is 84.2 Å². The van der Waals surface area contributed by atoms with Crippen molar-refractivity contribution in [2.24, 2.45) is 11.7 Å². The fourth-order valence-corrected chi connectivity index (χ4v) is 1.71. The number of hydrogen-bond donors (Lipinski definition) is 3. The van der Waals surface area contributed by atoms with Crippen LogP contribution in [0.5, 0.6) is 0 Å². The Kier molecular flexibility index (Phi) is 6.11. The van der Waals surface area contributed by atoms with Crippen LogP contribution in [0.15, 0.2) is 18.2 Å². The van der Waals surface area contributed by atoms with Crippen LogP contribution in [0.1, 0.15) is 26.7 Å². The Labute approximate surface area is 117 Å². The molecule has 1 aromatic rings. The predicted octanol–water partition coefficient (Wildman–Crippen LogP) is 2.10. The highest BCUT2D eigenvalue weighted by molar-refractivity contribution is 5.94. The highest BCUT2D eigenvalue weighted by Gasteiger charge is 2.13. The molecule has 2 amide bonds. The van der Waals surface area contributed by atoms with Gasteiger partial charge in [-0.2, -0.15) is 0 Å². The average molecular weight is 281 g/mol. The van der Waals surface area contributed by atoms with E-state index in [0.29, 0.717) is 18.7 Å². The van der Waals surface area contributed by atoms with Gasteiger partial charge in [0.1, 0.15) is 5.82 Å². The molecule has 0 saturated carbocycles. The van der Waals surface area contributed by atoms with Gasteiger partial charge in [-0.15, -0.1) is 0 Å². The Morgan fingerprint density at radius 2 is 2.05 bits per heavy atom. The molecule has 1 atom stereocenters. The van der Waals surface area contributed by atoms with E-state index in [0.717, 1.165) is 6.42 Å². The van der Waals surface area contributed by atoms with Gasteiger partial charge in [0.15, 0.2) is 0 Å². The molecule has 0 saturated heterocycles. The molecule has 4 N–H and O–H groups in total. The molecular weight excluding hydrogens is 261 g/mol. The molecular formula is C14H20FN3O2. The molecule has 0 aliphatic heterocycles. The van der Waals surface area contributed by atoms with E-state index in [1.807, 2.05) is 6.92 Å². The third kappa shape index (κ3) is 4.97. The molecule has 0 aliphatic carbocycles. The molecule has 0 spiro atoms. The average Bonchev–Trinajstić information content (AvgIpc) is 2.39. The summed E-state index contributed by atoms with van der Waals surface area (Å²) in [4.78, 5) is 22.9. The fraction of sp³-hybridized carbons (Fsp3) is 0.429. The number of nitrogens with one attached hydrogen (secondary N) is 2. The standard InChI is InChI=1S/C14H20FN3O2/c1-9(4-3-7-16)14(20)18-11-5-6-12(15)13(8-11)17-10(2)19/h5-6,8-9H,3-4,7,16H2,1-2H3,(H,17,19)(H,18,20). The van der Waals surface area contributed by atoms with E-state index in [9.17, 15) is 14.0 Å². The lowest BCUT2D eigenvalue weighted by atomic mass is 10.0. The summed E-state index contributed by atoms with van der Waals surface area (Å²) in [5, 5.41) is 5.06. The van der Waals surface area contributed by atoms with Crippen LogP contribution in [0.4, 0.5) is 15.8 Å². The van der Waals surface area contributed by atoms with Crippen LogP contribution in [0.2, 0.25) is 0 Å². The first kappa shape index (κ1) is 16.1. The molecule has 0 heterocycles. The van der Waals surface area contributed by atoms with Crippen molar-refractivity contribution >= 4 is 23.2 Å². The molecule has 6 heteroatoms. The van der Waals surface area contributed by atoms with E-state index in [-0.39, 0.29) is 23.4 Å². The Morgan fingerprint density at radius 3 is 2.65 bits per heavy atom. The van der Waals surface area contributed by atoms with Crippen LogP contribution >= 0.6 is 0 Å². The Morgan fingerprint density at radius 1 is 1.35 bits per heavy atom. The van der Waals surface area contributed by atoms with E-state index in [1.165, 1.54) is 25.1 Å². The van der Waals surface area contributed by atoms with Crippen molar-refractivity contribution in [3.05, 3.63) is 24.0 Å². The second-order valence-corrected chi connectivity index (χ2v) is 4.70. The first-order valence-electron chi connectivity index (χ1n) is 6.52. The zero-order valence-electron chi connectivity index (χ0n) is 11.7. The molecule has 0 aromatic heterocycles. The van der Waals surface area contributed by atoms with Gasteiger partial charge in [0, 0.05) is 18.5 Å². The van der Waals surface area contributed by atoms with Crippen molar-refractivity contribution in [1.29, 1.82) is 0 Å². The summed E-state index contributed by atoms with van der Waals surface area (Å²) in [5.41, 5.74) is 5.89. The van der Waals surface area contributed by atoms with Crippen LogP contribution < -0.4 is 16.4 Å². The molecule has 1 unspecified atom stereocenters. The van der Waals surface area contributed by atoms with Crippen molar-refractivity contribution in [1.82, 2.24) is 0 Å². The Hall–Kier alpha value is -1.95. The molecule has 110 valence electrons. The lowest BCUT2D eigenvalue weighted by Gasteiger charge is -2.13. The van der Waals surface area contributed by atoms with Gasteiger partial charge >= 0.3 is 0 Å². The minimum atomic E-state index is -0.547. The van der Waals surface area contributed by atoms with Gasteiger partial charge in [0.05, 0.1) is 5.69 Å². The molecule has 0 aliphatic rings. The Balaban J connectivity index is 2.72. The normalized spacial score (nSPS) is 11.8. The summed E-state index contributed by atoms with van der Waals surface area (Å²) in [7, 11) is 0. The lowest BCUT2D eigenvalue weighted by Crippen LogP contribution is -2.21. The SMILES string of the molecule is CC(=O)Nc1cc(NC(=O)C(C)CCCN)ccc1F. The summed E-state index contributed by atoms with van der Waals surface area (Å²) < 4.78 is 13.5. The first-order valence-corrected chi connectivity index (χ1v) is 6.52. The number of rotatable bonds is 6. The van der Waals surface area contributed by atoms with E-state index >= 15 is 0 Å². The van der Waals surface area contributed by atoms with E-state index < -0.39 is 5.82 Å². The zero-order valence-corrected chi connectivity index (χ0v) is 11.7. The van der Waals surface area contributed by atoms with Crippen molar-refractivity contribution in [3.63, 3.8) is 0 Å².